The molecule has 110 valence electrons. The van der Waals surface area contributed by atoms with Crippen molar-refractivity contribution in [3.63, 3.8) is 0 Å². The number of hydrogen-bond donors (Lipinski definition) is 1. The van der Waals surface area contributed by atoms with Crippen LogP contribution in [0.25, 0.3) is 0 Å². The lowest BCUT2D eigenvalue weighted by Crippen LogP contribution is -2.41. The fraction of sp³-hybridized carbons (Fsp3) is 0.588. The monoisotopic (exact) mass is 274 g/mol. The summed E-state index contributed by atoms with van der Waals surface area (Å²) in [6, 6.07) is 7.54. The molecule has 0 spiro atoms. The Hall–Kier alpha value is -1.51. The van der Waals surface area contributed by atoms with E-state index in [-0.39, 0.29) is 11.3 Å². The molecule has 0 unspecified atom stereocenters. The zero-order valence-corrected chi connectivity index (χ0v) is 12.9. The van der Waals surface area contributed by atoms with E-state index in [1.807, 2.05) is 36.2 Å². The maximum absolute atomic E-state index is 13.0. The minimum atomic E-state index is -0.149. The van der Waals surface area contributed by atoms with Gasteiger partial charge in [-0.1, -0.05) is 26.7 Å². The van der Waals surface area contributed by atoms with Gasteiger partial charge >= 0.3 is 0 Å². The Balaban J connectivity index is 2.21. The predicted octanol–water partition coefficient (Wildman–Crippen LogP) is 3.84. The first-order valence-corrected chi connectivity index (χ1v) is 7.58. The summed E-state index contributed by atoms with van der Waals surface area (Å²) in [4.78, 5) is 14.8. The van der Waals surface area contributed by atoms with Gasteiger partial charge in [-0.2, -0.15) is 0 Å². The Morgan fingerprint density at radius 1 is 1.25 bits per heavy atom. The molecule has 1 aliphatic carbocycles. The average Bonchev–Trinajstić information content (AvgIpc) is 2.87. The molecule has 2 N–H and O–H groups in total. The summed E-state index contributed by atoms with van der Waals surface area (Å²) < 4.78 is 0. The maximum Gasteiger partial charge on any atom is 0.232 e. The number of rotatable bonds is 4. The molecule has 3 heteroatoms. The molecule has 1 amide bonds. The van der Waals surface area contributed by atoms with Crippen LogP contribution in [0.15, 0.2) is 24.3 Å². The molecular formula is C17H26N2O. The highest BCUT2D eigenvalue weighted by molar-refractivity contribution is 5.97. The first-order chi connectivity index (χ1) is 9.44. The Kier molecular flexibility index (Phi) is 4.36. The zero-order valence-electron chi connectivity index (χ0n) is 12.9. The molecule has 0 radical (unpaired) electrons. The van der Waals surface area contributed by atoms with Crippen LogP contribution in [0.1, 0.15) is 46.0 Å². The number of anilines is 2. The summed E-state index contributed by atoms with van der Waals surface area (Å²) in [6.45, 7) is 4.41. The maximum atomic E-state index is 13.0. The lowest BCUT2D eigenvalue weighted by atomic mass is 9.77. The summed E-state index contributed by atoms with van der Waals surface area (Å²) in [7, 11) is 1.88. The second kappa shape index (κ2) is 5.86. The number of nitrogens with two attached hydrogens (primary N) is 1. The van der Waals surface area contributed by atoms with Crippen LogP contribution >= 0.6 is 0 Å². The van der Waals surface area contributed by atoms with Gasteiger partial charge in [0, 0.05) is 23.8 Å². The summed E-state index contributed by atoms with van der Waals surface area (Å²) >= 11 is 0. The molecule has 2 rings (SSSR count). The van der Waals surface area contributed by atoms with E-state index in [2.05, 4.69) is 13.8 Å². The SMILES string of the molecule is CC(C)CC1(C(=O)N(C)c2ccc(N)cc2)CCCC1. The van der Waals surface area contributed by atoms with Gasteiger partial charge in [0.2, 0.25) is 5.91 Å². The Morgan fingerprint density at radius 2 is 1.80 bits per heavy atom. The lowest BCUT2D eigenvalue weighted by Gasteiger charge is -2.34. The summed E-state index contributed by atoms with van der Waals surface area (Å²) in [5.41, 5.74) is 7.22. The van der Waals surface area contributed by atoms with E-state index in [9.17, 15) is 4.79 Å². The van der Waals surface area contributed by atoms with Gasteiger partial charge in [0.25, 0.3) is 0 Å². The third-order valence-corrected chi connectivity index (χ3v) is 4.40. The van der Waals surface area contributed by atoms with Gasteiger partial charge in [0.1, 0.15) is 0 Å². The highest BCUT2D eigenvalue weighted by Gasteiger charge is 2.43. The number of carbonyl (C=O) groups is 1. The summed E-state index contributed by atoms with van der Waals surface area (Å²) in [5, 5.41) is 0. The normalized spacial score (nSPS) is 17.4. The van der Waals surface area contributed by atoms with Crippen LogP contribution in [0.3, 0.4) is 0 Å². The van der Waals surface area contributed by atoms with Crippen LogP contribution < -0.4 is 10.6 Å². The highest BCUT2D eigenvalue weighted by atomic mass is 16.2. The lowest BCUT2D eigenvalue weighted by molar-refractivity contribution is -0.128. The van der Waals surface area contributed by atoms with E-state index >= 15 is 0 Å². The van der Waals surface area contributed by atoms with Gasteiger partial charge in [0.05, 0.1) is 0 Å². The standard InChI is InChI=1S/C17H26N2O/c1-13(2)12-17(10-4-5-11-17)16(20)19(3)15-8-6-14(18)7-9-15/h6-9,13H,4-5,10-12,18H2,1-3H3. The largest absolute Gasteiger partial charge is 0.399 e. The highest BCUT2D eigenvalue weighted by Crippen LogP contribution is 2.45. The van der Waals surface area contributed by atoms with Gasteiger partial charge < -0.3 is 10.6 Å². The topological polar surface area (TPSA) is 46.3 Å². The molecule has 1 saturated carbocycles. The second-order valence-electron chi connectivity index (χ2n) is 6.54. The van der Waals surface area contributed by atoms with Crippen molar-refractivity contribution in [2.24, 2.45) is 11.3 Å². The Labute approximate surface area is 122 Å². The number of nitrogen functional groups attached to an aromatic ring is 1. The predicted molar refractivity (Wildman–Crippen MR) is 84.6 cm³/mol. The number of benzene rings is 1. The zero-order chi connectivity index (χ0) is 14.8. The average molecular weight is 274 g/mol. The van der Waals surface area contributed by atoms with Crippen LogP contribution in [-0.4, -0.2) is 13.0 Å². The van der Waals surface area contributed by atoms with Crippen molar-refractivity contribution in [3.8, 4) is 0 Å². The minimum absolute atomic E-state index is 0.149. The molecule has 0 aliphatic heterocycles. The van der Waals surface area contributed by atoms with Crippen molar-refractivity contribution < 1.29 is 4.79 Å². The minimum Gasteiger partial charge on any atom is -0.399 e. The quantitative estimate of drug-likeness (QED) is 0.848. The van der Waals surface area contributed by atoms with Crippen LogP contribution in [-0.2, 0) is 4.79 Å². The van der Waals surface area contributed by atoms with Crippen LogP contribution in [0.2, 0.25) is 0 Å². The van der Waals surface area contributed by atoms with Crippen molar-refractivity contribution in [3.05, 3.63) is 24.3 Å². The smallest absolute Gasteiger partial charge is 0.232 e. The number of amides is 1. The molecule has 20 heavy (non-hydrogen) atoms. The first kappa shape index (κ1) is 14.9. The van der Waals surface area contributed by atoms with Crippen LogP contribution in [0, 0.1) is 11.3 Å². The number of hydrogen-bond acceptors (Lipinski definition) is 2. The number of nitrogens with zero attached hydrogens (tertiary/aromatic N) is 1. The van der Waals surface area contributed by atoms with Crippen LogP contribution in [0.4, 0.5) is 11.4 Å². The molecule has 0 heterocycles. The molecule has 1 aliphatic rings. The van der Waals surface area contributed by atoms with Crippen molar-refractivity contribution >= 4 is 17.3 Å². The van der Waals surface area contributed by atoms with E-state index < -0.39 is 0 Å². The van der Waals surface area contributed by atoms with E-state index in [0.717, 1.165) is 30.6 Å². The second-order valence-corrected chi connectivity index (χ2v) is 6.54. The molecular weight excluding hydrogens is 248 g/mol. The van der Waals surface area contributed by atoms with Gasteiger partial charge in [-0.15, -0.1) is 0 Å². The van der Waals surface area contributed by atoms with Gasteiger partial charge in [-0.3, -0.25) is 4.79 Å². The Morgan fingerprint density at radius 3 is 2.30 bits per heavy atom. The molecule has 0 aromatic heterocycles. The summed E-state index contributed by atoms with van der Waals surface area (Å²) in [5.74, 6) is 0.824. The van der Waals surface area contributed by atoms with E-state index in [4.69, 9.17) is 5.73 Å². The van der Waals surface area contributed by atoms with Crippen LogP contribution in [0.5, 0.6) is 0 Å². The van der Waals surface area contributed by atoms with Gasteiger partial charge in [-0.05, 0) is 49.4 Å². The fourth-order valence-corrected chi connectivity index (χ4v) is 3.51. The Bertz CT molecular complexity index is 458. The van der Waals surface area contributed by atoms with E-state index in [0.29, 0.717) is 5.92 Å². The van der Waals surface area contributed by atoms with Crippen molar-refractivity contribution in [2.75, 3.05) is 17.7 Å². The first-order valence-electron chi connectivity index (χ1n) is 7.58. The molecule has 1 fully saturated rings. The van der Waals surface area contributed by atoms with Crippen molar-refractivity contribution in [1.29, 1.82) is 0 Å². The molecule has 1 aromatic carbocycles. The van der Waals surface area contributed by atoms with Crippen molar-refractivity contribution in [2.45, 2.75) is 46.0 Å². The third-order valence-electron chi connectivity index (χ3n) is 4.40. The number of carbonyl (C=O) groups excluding carboxylic acids is 1. The van der Waals surface area contributed by atoms with E-state index in [1.54, 1.807) is 0 Å². The molecule has 0 bridgehead atoms. The fourth-order valence-electron chi connectivity index (χ4n) is 3.51. The molecule has 0 atom stereocenters. The summed E-state index contributed by atoms with van der Waals surface area (Å²) in [6.07, 6.45) is 5.40. The van der Waals surface area contributed by atoms with Gasteiger partial charge in [0.15, 0.2) is 0 Å². The molecule has 3 nitrogen and oxygen atoms in total. The molecule has 1 aromatic rings. The molecule has 0 saturated heterocycles. The third kappa shape index (κ3) is 2.97. The van der Waals surface area contributed by atoms with Crippen molar-refractivity contribution in [1.82, 2.24) is 0 Å². The van der Waals surface area contributed by atoms with E-state index in [1.165, 1.54) is 12.8 Å². The van der Waals surface area contributed by atoms with Gasteiger partial charge in [-0.25, -0.2) is 0 Å².